The summed E-state index contributed by atoms with van der Waals surface area (Å²) in [5.74, 6) is 0.636. The molecule has 2 saturated heterocycles. The summed E-state index contributed by atoms with van der Waals surface area (Å²) in [6.45, 7) is 4.05. The summed E-state index contributed by atoms with van der Waals surface area (Å²) < 4.78 is 28.0. The predicted molar refractivity (Wildman–Crippen MR) is 67.4 cm³/mol. The van der Waals surface area contributed by atoms with Crippen molar-refractivity contribution in [1.29, 1.82) is 0 Å². The van der Waals surface area contributed by atoms with E-state index in [9.17, 15) is 8.42 Å². The number of nitrogens with two attached hydrogens (primary N) is 1. The molecule has 0 aliphatic carbocycles. The van der Waals surface area contributed by atoms with Gasteiger partial charge in [-0.05, 0) is 38.0 Å². The Hall–Kier alpha value is -0.170. The Kier molecular flexibility index (Phi) is 4.07. The summed E-state index contributed by atoms with van der Waals surface area (Å²) in [5, 5.41) is 0. The molecule has 2 aliphatic rings. The van der Waals surface area contributed by atoms with Gasteiger partial charge in [-0.2, -0.15) is 17.0 Å². The van der Waals surface area contributed by atoms with E-state index in [-0.39, 0.29) is 6.17 Å². The number of hydrogen-bond donors (Lipinski definition) is 1. The van der Waals surface area contributed by atoms with Crippen LogP contribution in [0.25, 0.3) is 0 Å². The van der Waals surface area contributed by atoms with E-state index < -0.39 is 10.2 Å². The lowest BCUT2D eigenvalue weighted by Crippen LogP contribution is -2.55. The van der Waals surface area contributed by atoms with Gasteiger partial charge in [0.05, 0.1) is 6.17 Å². The summed E-state index contributed by atoms with van der Waals surface area (Å²) in [6, 6.07) is 0. The molecule has 0 aromatic rings. The second kappa shape index (κ2) is 5.22. The Morgan fingerprint density at radius 1 is 1.06 bits per heavy atom. The van der Waals surface area contributed by atoms with E-state index in [2.05, 4.69) is 6.92 Å². The van der Waals surface area contributed by atoms with Crippen LogP contribution in [0.5, 0.6) is 0 Å². The molecule has 6 heteroatoms. The maximum atomic E-state index is 12.4. The highest BCUT2D eigenvalue weighted by molar-refractivity contribution is 7.86. The molecule has 0 saturated carbocycles. The summed E-state index contributed by atoms with van der Waals surface area (Å²) in [6.07, 6.45) is 4.34. The highest BCUT2D eigenvalue weighted by atomic mass is 32.2. The first-order chi connectivity index (χ1) is 8.01. The van der Waals surface area contributed by atoms with Crippen LogP contribution in [0, 0.1) is 5.92 Å². The van der Waals surface area contributed by atoms with Gasteiger partial charge in [0.2, 0.25) is 0 Å². The molecule has 0 spiro atoms. The lowest BCUT2D eigenvalue weighted by Gasteiger charge is -2.38. The van der Waals surface area contributed by atoms with Crippen LogP contribution in [0.3, 0.4) is 0 Å². The molecule has 100 valence electrons. The molecular weight excluding hydrogens is 238 g/mol. The van der Waals surface area contributed by atoms with Crippen molar-refractivity contribution in [2.45, 2.75) is 45.2 Å². The highest BCUT2D eigenvalue weighted by Gasteiger charge is 2.36. The maximum Gasteiger partial charge on any atom is 0.283 e. The van der Waals surface area contributed by atoms with E-state index in [0.29, 0.717) is 25.6 Å². The van der Waals surface area contributed by atoms with E-state index in [0.717, 1.165) is 32.1 Å². The largest absolute Gasteiger partial charge is 0.315 e. The monoisotopic (exact) mass is 261 g/mol. The molecule has 2 rings (SSSR count). The molecule has 0 radical (unpaired) electrons. The minimum atomic E-state index is -3.32. The third kappa shape index (κ3) is 2.81. The third-order valence-corrected chi connectivity index (χ3v) is 5.93. The van der Waals surface area contributed by atoms with Crippen LogP contribution in [-0.4, -0.2) is 42.8 Å². The molecule has 0 aromatic heterocycles. The second-order valence-corrected chi connectivity index (χ2v) is 7.14. The average molecular weight is 261 g/mol. The zero-order valence-electron chi connectivity index (χ0n) is 10.5. The minimum absolute atomic E-state index is 0.326. The molecule has 0 bridgehead atoms. The average Bonchev–Trinajstić information content (AvgIpc) is 2.30. The zero-order chi connectivity index (χ0) is 12.5. The van der Waals surface area contributed by atoms with Gasteiger partial charge in [-0.1, -0.05) is 6.92 Å². The van der Waals surface area contributed by atoms with Crippen molar-refractivity contribution in [3.63, 3.8) is 0 Å². The van der Waals surface area contributed by atoms with E-state index in [1.807, 2.05) is 0 Å². The Balaban J connectivity index is 2.07. The van der Waals surface area contributed by atoms with Crippen LogP contribution in [0.4, 0.5) is 0 Å². The van der Waals surface area contributed by atoms with Gasteiger partial charge in [-0.3, -0.25) is 0 Å². The summed E-state index contributed by atoms with van der Waals surface area (Å²) in [7, 11) is -3.32. The number of nitrogens with zero attached hydrogens (tertiary/aromatic N) is 2. The van der Waals surface area contributed by atoms with Crippen LogP contribution in [0.2, 0.25) is 0 Å². The predicted octanol–water partition coefficient (Wildman–Crippen LogP) is 0.734. The lowest BCUT2D eigenvalue weighted by atomic mass is 10.0. The Morgan fingerprint density at radius 2 is 1.71 bits per heavy atom. The van der Waals surface area contributed by atoms with Crippen molar-refractivity contribution in [1.82, 2.24) is 8.61 Å². The molecule has 2 aliphatic heterocycles. The van der Waals surface area contributed by atoms with Crippen molar-refractivity contribution in [3.05, 3.63) is 0 Å². The second-order valence-electron chi connectivity index (χ2n) is 5.26. The van der Waals surface area contributed by atoms with Gasteiger partial charge in [0, 0.05) is 19.6 Å². The topological polar surface area (TPSA) is 66.6 Å². The van der Waals surface area contributed by atoms with Crippen molar-refractivity contribution < 1.29 is 8.42 Å². The fraction of sp³-hybridized carbons (Fsp3) is 1.00. The van der Waals surface area contributed by atoms with Crippen LogP contribution in [0.15, 0.2) is 0 Å². The minimum Gasteiger partial charge on any atom is -0.315 e. The fourth-order valence-electron chi connectivity index (χ4n) is 2.58. The van der Waals surface area contributed by atoms with Crippen LogP contribution in [0.1, 0.15) is 39.0 Å². The molecule has 5 nitrogen and oxygen atoms in total. The SMILES string of the molecule is CC1CCN(S(=O)(=O)N2CCCCC2N)CC1. The standard InChI is InChI=1S/C11H23N3O2S/c1-10-5-8-13(9-6-10)17(15,16)14-7-3-2-4-11(14)12/h10-11H,2-9,12H2,1H3. The van der Waals surface area contributed by atoms with E-state index in [1.165, 1.54) is 4.31 Å². The van der Waals surface area contributed by atoms with Crippen LogP contribution in [-0.2, 0) is 10.2 Å². The molecular formula is C11H23N3O2S. The van der Waals surface area contributed by atoms with Gasteiger partial charge < -0.3 is 5.73 Å². The first-order valence-corrected chi connectivity index (χ1v) is 7.94. The summed E-state index contributed by atoms with van der Waals surface area (Å²) in [5.41, 5.74) is 5.92. The van der Waals surface area contributed by atoms with Crippen LogP contribution < -0.4 is 5.73 Å². The summed E-state index contributed by atoms with van der Waals surface area (Å²) in [4.78, 5) is 0. The molecule has 17 heavy (non-hydrogen) atoms. The van der Waals surface area contributed by atoms with Crippen molar-refractivity contribution in [2.24, 2.45) is 11.7 Å². The van der Waals surface area contributed by atoms with Gasteiger partial charge in [0.1, 0.15) is 0 Å². The van der Waals surface area contributed by atoms with Gasteiger partial charge in [-0.15, -0.1) is 0 Å². The number of rotatable bonds is 2. The molecule has 1 atom stereocenters. The maximum absolute atomic E-state index is 12.4. The van der Waals surface area contributed by atoms with Crippen molar-refractivity contribution >= 4 is 10.2 Å². The van der Waals surface area contributed by atoms with E-state index >= 15 is 0 Å². The first kappa shape index (κ1) is 13.3. The van der Waals surface area contributed by atoms with Gasteiger partial charge in [-0.25, -0.2) is 0 Å². The number of hydrogen-bond acceptors (Lipinski definition) is 3. The molecule has 2 N–H and O–H groups in total. The molecule has 2 heterocycles. The van der Waals surface area contributed by atoms with Gasteiger partial charge in [0.25, 0.3) is 10.2 Å². The Labute approximate surface area is 104 Å². The highest BCUT2D eigenvalue weighted by Crippen LogP contribution is 2.24. The molecule has 2 fully saturated rings. The smallest absolute Gasteiger partial charge is 0.283 e. The van der Waals surface area contributed by atoms with Crippen molar-refractivity contribution in [3.8, 4) is 0 Å². The van der Waals surface area contributed by atoms with E-state index in [4.69, 9.17) is 5.73 Å². The van der Waals surface area contributed by atoms with Crippen molar-refractivity contribution in [2.75, 3.05) is 19.6 Å². The zero-order valence-corrected chi connectivity index (χ0v) is 11.3. The molecule has 0 amide bonds. The quantitative estimate of drug-likeness (QED) is 0.797. The molecule has 0 aromatic carbocycles. The third-order valence-electron chi connectivity index (χ3n) is 3.86. The first-order valence-electron chi connectivity index (χ1n) is 6.54. The van der Waals surface area contributed by atoms with E-state index in [1.54, 1.807) is 4.31 Å². The summed E-state index contributed by atoms with van der Waals surface area (Å²) >= 11 is 0. The lowest BCUT2D eigenvalue weighted by molar-refractivity contribution is 0.216. The van der Waals surface area contributed by atoms with Gasteiger partial charge >= 0.3 is 0 Å². The Morgan fingerprint density at radius 3 is 2.29 bits per heavy atom. The normalized spacial score (nSPS) is 30.6. The van der Waals surface area contributed by atoms with Gasteiger partial charge in [0.15, 0.2) is 0 Å². The number of piperidine rings is 2. The fourth-order valence-corrected chi connectivity index (χ4v) is 4.36. The van der Waals surface area contributed by atoms with Crippen LogP contribution >= 0.6 is 0 Å². The molecule has 1 unspecified atom stereocenters. The Bertz CT molecular complexity index is 350.